The molecule has 1 unspecified atom stereocenters. The molecule has 0 amide bonds. The lowest BCUT2D eigenvalue weighted by atomic mass is 9.89. The van der Waals surface area contributed by atoms with Crippen LogP contribution in [0.4, 0.5) is 4.39 Å². The summed E-state index contributed by atoms with van der Waals surface area (Å²) in [5.41, 5.74) is 8.18. The van der Waals surface area contributed by atoms with E-state index in [1.165, 1.54) is 6.07 Å². The molecule has 84 valence electrons. The van der Waals surface area contributed by atoms with Crippen molar-refractivity contribution in [1.29, 1.82) is 0 Å². The van der Waals surface area contributed by atoms with E-state index in [0.717, 1.165) is 17.5 Å². The molecule has 0 aliphatic carbocycles. The molecule has 0 aliphatic heterocycles. The molecule has 0 radical (unpaired) electrons. The average Bonchev–Trinajstić information content (AvgIpc) is 2.16. The van der Waals surface area contributed by atoms with Gasteiger partial charge in [-0.3, -0.25) is 0 Å². The van der Waals surface area contributed by atoms with Crippen LogP contribution in [-0.2, 0) is 0 Å². The second kappa shape index (κ2) is 4.95. The minimum Gasteiger partial charge on any atom is -0.330 e. The van der Waals surface area contributed by atoms with Crippen molar-refractivity contribution in [2.75, 3.05) is 6.54 Å². The van der Waals surface area contributed by atoms with E-state index in [2.05, 4.69) is 6.92 Å². The summed E-state index contributed by atoms with van der Waals surface area (Å²) < 4.78 is 13.5. The second-order valence-corrected chi connectivity index (χ2v) is 4.39. The maximum Gasteiger partial charge on any atom is 0.127 e. The maximum absolute atomic E-state index is 13.5. The van der Waals surface area contributed by atoms with Crippen LogP contribution in [-0.4, -0.2) is 6.54 Å². The fourth-order valence-electron chi connectivity index (χ4n) is 2.00. The zero-order valence-electron chi connectivity index (χ0n) is 9.40. The van der Waals surface area contributed by atoms with Crippen molar-refractivity contribution < 1.29 is 4.39 Å². The monoisotopic (exact) mass is 229 g/mol. The Kier molecular flexibility index (Phi) is 4.12. The van der Waals surface area contributed by atoms with Gasteiger partial charge in [0.2, 0.25) is 0 Å². The van der Waals surface area contributed by atoms with E-state index in [4.69, 9.17) is 17.3 Å². The van der Waals surface area contributed by atoms with Crippen molar-refractivity contribution in [2.24, 2.45) is 5.73 Å². The van der Waals surface area contributed by atoms with Crippen molar-refractivity contribution in [1.82, 2.24) is 0 Å². The van der Waals surface area contributed by atoms with Gasteiger partial charge in [0.15, 0.2) is 0 Å². The second-order valence-electron chi connectivity index (χ2n) is 3.98. The summed E-state index contributed by atoms with van der Waals surface area (Å²) >= 11 is 5.96. The number of benzene rings is 1. The molecule has 3 heteroatoms. The van der Waals surface area contributed by atoms with Crippen LogP contribution in [0.5, 0.6) is 0 Å². The molecule has 0 aliphatic rings. The molecule has 0 aromatic heterocycles. The highest BCUT2D eigenvalue weighted by Gasteiger charge is 2.16. The Morgan fingerprint density at radius 1 is 1.40 bits per heavy atom. The molecular weight excluding hydrogens is 213 g/mol. The smallest absolute Gasteiger partial charge is 0.127 e. The zero-order valence-corrected chi connectivity index (χ0v) is 10.2. The minimum atomic E-state index is -0.232. The van der Waals surface area contributed by atoms with Gasteiger partial charge in [-0.2, -0.15) is 0 Å². The molecule has 1 rings (SSSR count). The largest absolute Gasteiger partial charge is 0.330 e. The summed E-state index contributed by atoms with van der Waals surface area (Å²) in [4.78, 5) is 0. The molecule has 2 N–H and O–H groups in total. The van der Waals surface area contributed by atoms with E-state index < -0.39 is 0 Å². The molecule has 0 bridgehead atoms. The SMILES string of the molecule is Cc1c(F)cc(Cl)c(C)c1C(C)CCN. The summed E-state index contributed by atoms with van der Waals surface area (Å²) in [6.45, 7) is 6.38. The molecule has 1 atom stereocenters. The Hall–Kier alpha value is -0.600. The summed E-state index contributed by atoms with van der Waals surface area (Å²) in [5.74, 6) is 0.0210. The summed E-state index contributed by atoms with van der Waals surface area (Å²) in [6, 6.07) is 1.38. The first-order chi connectivity index (χ1) is 6.99. The Balaban J connectivity index is 3.26. The van der Waals surface area contributed by atoms with Gasteiger partial charge in [-0.25, -0.2) is 4.39 Å². The predicted octanol–water partition coefficient (Wildman–Crippen LogP) is 3.55. The topological polar surface area (TPSA) is 26.0 Å². The van der Waals surface area contributed by atoms with Crippen LogP contribution in [0.25, 0.3) is 0 Å². The van der Waals surface area contributed by atoms with E-state index in [-0.39, 0.29) is 11.7 Å². The molecule has 0 fully saturated rings. The van der Waals surface area contributed by atoms with Crippen LogP contribution >= 0.6 is 11.6 Å². The van der Waals surface area contributed by atoms with Gasteiger partial charge in [0.25, 0.3) is 0 Å². The molecule has 0 heterocycles. The van der Waals surface area contributed by atoms with Crippen molar-refractivity contribution in [3.63, 3.8) is 0 Å². The van der Waals surface area contributed by atoms with Gasteiger partial charge in [-0.05, 0) is 55.5 Å². The van der Waals surface area contributed by atoms with Crippen LogP contribution < -0.4 is 5.73 Å². The fourth-order valence-corrected chi connectivity index (χ4v) is 2.20. The van der Waals surface area contributed by atoms with Gasteiger partial charge in [0.1, 0.15) is 5.82 Å². The van der Waals surface area contributed by atoms with Crippen LogP contribution in [0.1, 0.15) is 36.0 Å². The number of hydrogen-bond acceptors (Lipinski definition) is 1. The van der Waals surface area contributed by atoms with Crippen molar-refractivity contribution in [2.45, 2.75) is 33.1 Å². The summed E-state index contributed by atoms with van der Waals surface area (Å²) in [6.07, 6.45) is 0.849. The Morgan fingerprint density at radius 2 is 2.00 bits per heavy atom. The van der Waals surface area contributed by atoms with Crippen molar-refractivity contribution in [3.05, 3.63) is 33.6 Å². The van der Waals surface area contributed by atoms with Gasteiger partial charge in [0.05, 0.1) is 0 Å². The van der Waals surface area contributed by atoms with Crippen molar-refractivity contribution >= 4 is 11.6 Å². The molecule has 1 nitrogen and oxygen atoms in total. The van der Waals surface area contributed by atoms with Gasteiger partial charge < -0.3 is 5.73 Å². The zero-order chi connectivity index (χ0) is 11.6. The molecule has 1 aromatic rings. The van der Waals surface area contributed by atoms with Gasteiger partial charge in [-0.1, -0.05) is 18.5 Å². The molecule has 0 spiro atoms. The number of rotatable bonds is 3. The Bertz CT molecular complexity index is 337. The highest BCUT2D eigenvalue weighted by Crippen LogP contribution is 2.32. The Morgan fingerprint density at radius 3 is 2.53 bits per heavy atom. The molecular formula is C12H17ClFN. The third-order valence-corrected chi connectivity index (χ3v) is 3.26. The summed E-state index contributed by atoms with van der Waals surface area (Å²) in [7, 11) is 0. The van der Waals surface area contributed by atoms with E-state index in [9.17, 15) is 4.39 Å². The van der Waals surface area contributed by atoms with Crippen LogP contribution in [0.3, 0.4) is 0 Å². The van der Waals surface area contributed by atoms with Gasteiger partial charge in [0, 0.05) is 5.02 Å². The van der Waals surface area contributed by atoms with E-state index in [1.807, 2.05) is 6.92 Å². The van der Waals surface area contributed by atoms with Crippen LogP contribution in [0.2, 0.25) is 5.02 Å². The molecule has 0 saturated carbocycles. The average molecular weight is 230 g/mol. The number of halogens is 2. The van der Waals surface area contributed by atoms with Crippen LogP contribution in [0, 0.1) is 19.7 Å². The molecule has 0 saturated heterocycles. The van der Waals surface area contributed by atoms with Gasteiger partial charge >= 0.3 is 0 Å². The lowest BCUT2D eigenvalue weighted by Gasteiger charge is -2.18. The first kappa shape index (κ1) is 12.5. The maximum atomic E-state index is 13.5. The third-order valence-electron chi connectivity index (χ3n) is 2.87. The number of hydrogen-bond donors (Lipinski definition) is 1. The highest BCUT2D eigenvalue weighted by molar-refractivity contribution is 6.31. The Labute approximate surface area is 95.4 Å². The normalized spacial score (nSPS) is 12.9. The van der Waals surface area contributed by atoms with Crippen LogP contribution in [0.15, 0.2) is 6.07 Å². The summed E-state index contributed by atoms with van der Waals surface area (Å²) in [5, 5.41) is 0.497. The quantitative estimate of drug-likeness (QED) is 0.843. The van der Waals surface area contributed by atoms with E-state index >= 15 is 0 Å². The van der Waals surface area contributed by atoms with E-state index in [0.29, 0.717) is 17.1 Å². The molecule has 15 heavy (non-hydrogen) atoms. The minimum absolute atomic E-state index is 0.232. The first-order valence-corrected chi connectivity index (χ1v) is 5.52. The van der Waals surface area contributed by atoms with Gasteiger partial charge in [-0.15, -0.1) is 0 Å². The fraction of sp³-hybridized carbons (Fsp3) is 0.500. The third kappa shape index (κ3) is 2.50. The standard InChI is InChI=1S/C12H17ClFN/c1-7(4-5-15)12-8(2)10(13)6-11(14)9(12)3/h6-7H,4-5,15H2,1-3H3. The van der Waals surface area contributed by atoms with Crippen molar-refractivity contribution in [3.8, 4) is 0 Å². The highest BCUT2D eigenvalue weighted by atomic mass is 35.5. The van der Waals surface area contributed by atoms with E-state index in [1.54, 1.807) is 6.92 Å². The number of nitrogens with two attached hydrogens (primary N) is 1. The molecule has 1 aromatic carbocycles. The first-order valence-electron chi connectivity index (χ1n) is 5.14. The lowest BCUT2D eigenvalue weighted by Crippen LogP contribution is -2.08. The predicted molar refractivity (Wildman–Crippen MR) is 63.0 cm³/mol. The lowest BCUT2D eigenvalue weighted by molar-refractivity contribution is 0.603.